The largest absolute Gasteiger partial charge is 0.352 e. The summed E-state index contributed by atoms with van der Waals surface area (Å²) in [4.78, 5) is 19.2. The minimum Gasteiger partial charge on any atom is -0.352 e. The van der Waals surface area contributed by atoms with Gasteiger partial charge < -0.3 is 9.84 Å². The number of carbonyl (C=O) groups excluding carboxylic acids is 1. The van der Waals surface area contributed by atoms with Crippen LogP contribution in [0.5, 0.6) is 0 Å². The Balaban J connectivity index is 1.31. The maximum atomic E-state index is 13.1. The third-order valence-corrected chi connectivity index (χ3v) is 5.35. The van der Waals surface area contributed by atoms with Gasteiger partial charge in [-0.3, -0.25) is 9.69 Å². The van der Waals surface area contributed by atoms with Gasteiger partial charge in [-0.2, -0.15) is 4.98 Å². The fourth-order valence-electron chi connectivity index (χ4n) is 3.80. The lowest BCUT2D eigenvalue weighted by Gasteiger charge is -2.30. The minimum absolute atomic E-state index is 0.0527. The fraction of sp³-hybridized carbons (Fsp3) is 0.348. The number of hydrogen-bond acceptors (Lipinski definition) is 5. The van der Waals surface area contributed by atoms with Gasteiger partial charge in [0.05, 0.1) is 12.5 Å². The molecule has 0 spiro atoms. The molecule has 1 aliphatic heterocycles. The van der Waals surface area contributed by atoms with Crippen molar-refractivity contribution < 1.29 is 13.7 Å². The summed E-state index contributed by atoms with van der Waals surface area (Å²) >= 11 is 0. The number of nitrogens with zero attached hydrogens (tertiary/aromatic N) is 3. The lowest BCUT2D eigenvalue weighted by Crippen LogP contribution is -2.42. The molecule has 1 amide bonds. The predicted molar refractivity (Wildman–Crippen MR) is 111 cm³/mol. The van der Waals surface area contributed by atoms with Gasteiger partial charge in [0, 0.05) is 18.7 Å². The molecule has 156 valence electrons. The monoisotopic (exact) mass is 408 g/mol. The second-order valence-electron chi connectivity index (χ2n) is 7.80. The number of aromatic nitrogens is 2. The number of piperidine rings is 1. The van der Waals surface area contributed by atoms with Crippen molar-refractivity contribution in [3.8, 4) is 11.4 Å². The third kappa shape index (κ3) is 5.10. The molecule has 1 N–H and O–H groups in total. The Labute approximate surface area is 175 Å². The van der Waals surface area contributed by atoms with Crippen molar-refractivity contribution in [3.05, 3.63) is 71.4 Å². The third-order valence-electron chi connectivity index (χ3n) is 5.35. The predicted octanol–water partition coefficient (Wildman–Crippen LogP) is 3.71. The molecule has 0 bridgehead atoms. The number of nitrogens with one attached hydrogen (secondary N) is 1. The zero-order valence-corrected chi connectivity index (χ0v) is 17.0. The van der Waals surface area contributed by atoms with Gasteiger partial charge in [-0.05, 0) is 56.1 Å². The van der Waals surface area contributed by atoms with Crippen LogP contribution in [0, 0.1) is 18.7 Å². The Bertz CT molecular complexity index is 1000. The molecule has 1 unspecified atom stereocenters. The molecule has 2 heterocycles. The number of hydrogen-bond donors (Lipinski definition) is 1. The van der Waals surface area contributed by atoms with Gasteiger partial charge in [0.1, 0.15) is 5.82 Å². The Morgan fingerprint density at radius 3 is 2.90 bits per heavy atom. The molecule has 3 aromatic rings. The number of amides is 1. The van der Waals surface area contributed by atoms with Crippen LogP contribution in [-0.4, -0.2) is 34.0 Å². The van der Waals surface area contributed by atoms with Crippen LogP contribution >= 0.6 is 0 Å². The smallest absolute Gasteiger partial charge is 0.241 e. The van der Waals surface area contributed by atoms with Crippen molar-refractivity contribution in [1.29, 1.82) is 0 Å². The molecule has 7 heteroatoms. The normalized spacial score (nSPS) is 17.1. The first kappa shape index (κ1) is 20.2. The van der Waals surface area contributed by atoms with E-state index in [4.69, 9.17) is 4.52 Å². The fourth-order valence-corrected chi connectivity index (χ4v) is 3.80. The van der Waals surface area contributed by atoms with Crippen molar-refractivity contribution >= 4 is 5.91 Å². The van der Waals surface area contributed by atoms with Gasteiger partial charge in [0.2, 0.25) is 17.6 Å². The van der Waals surface area contributed by atoms with E-state index in [-0.39, 0.29) is 17.6 Å². The first-order valence-corrected chi connectivity index (χ1v) is 10.2. The second kappa shape index (κ2) is 9.17. The van der Waals surface area contributed by atoms with Gasteiger partial charge in [-0.25, -0.2) is 4.39 Å². The van der Waals surface area contributed by atoms with Crippen LogP contribution in [0.3, 0.4) is 0 Å². The average Bonchev–Trinajstić information content (AvgIpc) is 3.21. The maximum Gasteiger partial charge on any atom is 0.241 e. The van der Waals surface area contributed by atoms with Crippen LogP contribution in [0.15, 0.2) is 53.1 Å². The topological polar surface area (TPSA) is 71.3 Å². The Hall–Kier alpha value is -3.06. The molecule has 0 radical (unpaired) electrons. The molecule has 4 rings (SSSR count). The molecule has 1 aliphatic rings. The number of likely N-dealkylation sites (tertiary alicyclic amines) is 1. The van der Waals surface area contributed by atoms with Crippen molar-refractivity contribution in [2.75, 3.05) is 13.1 Å². The molecular weight excluding hydrogens is 383 g/mol. The van der Waals surface area contributed by atoms with Gasteiger partial charge in [0.15, 0.2) is 0 Å². The van der Waals surface area contributed by atoms with E-state index in [1.54, 1.807) is 12.1 Å². The maximum absolute atomic E-state index is 13.1. The molecule has 30 heavy (non-hydrogen) atoms. The quantitative estimate of drug-likeness (QED) is 0.673. The lowest BCUT2D eigenvalue weighted by molar-refractivity contribution is -0.127. The van der Waals surface area contributed by atoms with E-state index in [1.807, 2.05) is 25.1 Å². The number of carbonyl (C=O) groups is 1. The number of aryl methyl sites for hydroxylation is 1. The van der Waals surface area contributed by atoms with E-state index in [0.717, 1.165) is 24.9 Å². The molecule has 1 atom stereocenters. The zero-order valence-electron chi connectivity index (χ0n) is 17.0. The Kier molecular flexibility index (Phi) is 6.18. The van der Waals surface area contributed by atoms with Crippen LogP contribution < -0.4 is 5.32 Å². The summed E-state index contributed by atoms with van der Waals surface area (Å²) in [5.74, 6) is 0.661. The van der Waals surface area contributed by atoms with E-state index in [2.05, 4.69) is 26.4 Å². The highest BCUT2D eigenvalue weighted by molar-refractivity contribution is 5.79. The number of rotatable bonds is 6. The molecular formula is C23H25FN4O2. The summed E-state index contributed by atoms with van der Waals surface area (Å²) in [6, 6.07) is 14.1. The summed E-state index contributed by atoms with van der Waals surface area (Å²) in [6.07, 6.45) is 1.82. The van der Waals surface area contributed by atoms with Crippen LogP contribution in [0.4, 0.5) is 4.39 Å². The highest BCUT2D eigenvalue weighted by atomic mass is 19.1. The van der Waals surface area contributed by atoms with Crippen LogP contribution in [0.2, 0.25) is 0 Å². The van der Waals surface area contributed by atoms with E-state index in [9.17, 15) is 9.18 Å². The summed E-state index contributed by atoms with van der Waals surface area (Å²) < 4.78 is 18.5. The van der Waals surface area contributed by atoms with Crippen LogP contribution in [0.25, 0.3) is 11.4 Å². The Morgan fingerprint density at radius 2 is 2.10 bits per heavy atom. The first-order chi connectivity index (χ1) is 14.6. The van der Waals surface area contributed by atoms with Crippen molar-refractivity contribution in [1.82, 2.24) is 20.4 Å². The van der Waals surface area contributed by atoms with Gasteiger partial charge in [-0.1, -0.05) is 35.0 Å². The van der Waals surface area contributed by atoms with E-state index in [1.165, 1.54) is 17.7 Å². The first-order valence-electron chi connectivity index (χ1n) is 10.2. The molecule has 6 nitrogen and oxygen atoms in total. The lowest BCUT2D eigenvalue weighted by atomic mass is 9.97. The SMILES string of the molecule is Cc1cccc(CNC(=O)C2CCCN(Cc3nc(-c4ccc(F)cc4)no3)C2)c1. The minimum atomic E-state index is -0.303. The number of halogens is 1. The standard InChI is InChI=1S/C23H25FN4O2/c1-16-4-2-5-17(12-16)13-25-23(29)19-6-3-11-28(14-19)15-21-26-22(27-30-21)18-7-9-20(24)10-8-18/h2,4-5,7-10,12,19H,3,6,11,13-15H2,1H3,(H,25,29). The average molecular weight is 408 g/mol. The van der Waals surface area contributed by atoms with Gasteiger partial charge in [-0.15, -0.1) is 0 Å². The summed E-state index contributed by atoms with van der Waals surface area (Å²) in [6.45, 7) is 4.63. The summed E-state index contributed by atoms with van der Waals surface area (Å²) in [5.41, 5.74) is 3.00. The second-order valence-corrected chi connectivity index (χ2v) is 7.80. The number of benzene rings is 2. The van der Waals surface area contributed by atoms with Crippen LogP contribution in [-0.2, 0) is 17.9 Å². The zero-order chi connectivity index (χ0) is 20.9. The summed E-state index contributed by atoms with van der Waals surface area (Å²) in [5, 5.41) is 7.05. The van der Waals surface area contributed by atoms with Crippen molar-refractivity contribution in [2.24, 2.45) is 5.92 Å². The van der Waals surface area contributed by atoms with E-state index < -0.39 is 0 Å². The molecule has 0 saturated carbocycles. The van der Waals surface area contributed by atoms with Crippen LogP contribution in [0.1, 0.15) is 29.9 Å². The molecule has 2 aromatic carbocycles. The molecule has 1 fully saturated rings. The molecule has 0 aliphatic carbocycles. The van der Waals surface area contributed by atoms with E-state index in [0.29, 0.717) is 36.9 Å². The van der Waals surface area contributed by atoms with Crippen molar-refractivity contribution in [3.63, 3.8) is 0 Å². The Morgan fingerprint density at radius 1 is 1.27 bits per heavy atom. The molecule has 1 saturated heterocycles. The van der Waals surface area contributed by atoms with Gasteiger partial charge in [0.25, 0.3) is 0 Å². The van der Waals surface area contributed by atoms with E-state index >= 15 is 0 Å². The highest BCUT2D eigenvalue weighted by Crippen LogP contribution is 2.21. The van der Waals surface area contributed by atoms with Gasteiger partial charge >= 0.3 is 0 Å². The van der Waals surface area contributed by atoms with Crippen molar-refractivity contribution in [2.45, 2.75) is 32.9 Å². The highest BCUT2D eigenvalue weighted by Gasteiger charge is 2.26. The summed E-state index contributed by atoms with van der Waals surface area (Å²) in [7, 11) is 0. The molecule has 1 aromatic heterocycles.